The number of imidazole rings is 1. The summed E-state index contributed by atoms with van der Waals surface area (Å²) >= 11 is 0. The Morgan fingerprint density at radius 2 is 1.80 bits per heavy atom. The van der Waals surface area contributed by atoms with E-state index in [2.05, 4.69) is 32.5 Å². The van der Waals surface area contributed by atoms with Crippen molar-refractivity contribution in [2.45, 2.75) is 33.1 Å². The lowest BCUT2D eigenvalue weighted by atomic mass is 10.0. The quantitative estimate of drug-likeness (QED) is 0.201. The molecule has 3 N–H and O–H groups in total. The van der Waals surface area contributed by atoms with Crippen LogP contribution in [-0.4, -0.2) is 25.4 Å². The fourth-order valence-corrected chi connectivity index (χ4v) is 4.53. The summed E-state index contributed by atoms with van der Waals surface area (Å²) in [4.78, 5) is 38.2. The highest BCUT2D eigenvalue weighted by atomic mass is 16.1. The van der Waals surface area contributed by atoms with Gasteiger partial charge in [0.25, 0.3) is 11.5 Å². The Balaban J connectivity index is 1.40. The van der Waals surface area contributed by atoms with Gasteiger partial charge in [0.15, 0.2) is 5.82 Å². The maximum absolute atomic E-state index is 13.3. The fourth-order valence-electron chi connectivity index (χ4n) is 4.53. The predicted molar refractivity (Wildman–Crippen MR) is 160 cm³/mol. The topological polar surface area (TPSA) is 105 Å². The summed E-state index contributed by atoms with van der Waals surface area (Å²) in [6.07, 6.45) is 8.13. The molecule has 0 saturated heterocycles. The van der Waals surface area contributed by atoms with Crippen molar-refractivity contribution in [3.05, 3.63) is 112 Å². The van der Waals surface area contributed by atoms with Crippen LogP contribution in [0.15, 0.2) is 90.1 Å². The third kappa shape index (κ3) is 5.86. The summed E-state index contributed by atoms with van der Waals surface area (Å²) < 4.78 is 1.50. The smallest absolute Gasteiger partial charge is 0.293 e. The monoisotopic (exact) mass is 532 g/mol. The van der Waals surface area contributed by atoms with E-state index in [1.807, 2.05) is 73.7 Å². The molecule has 2 heterocycles. The van der Waals surface area contributed by atoms with Crippen LogP contribution in [-0.2, 0) is 13.5 Å². The van der Waals surface area contributed by atoms with Gasteiger partial charge < -0.3 is 20.2 Å². The number of amides is 1. The van der Waals surface area contributed by atoms with Crippen LogP contribution in [0.4, 0.5) is 17.2 Å². The van der Waals surface area contributed by atoms with Gasteiger partial charge in [-0.3, -0.25) is 9.59 Å². The second kappa shape index (κ2) is 11.8. The summed E-state index contributed by atoms with van der Waals surface area (Å²) in [5.41, 5.74) is 6.18. The summed E-state index contributed by atoms with van der Waals surface area (Å²) in [5, 5.41) is 6.25. The molecule has 2 aromatic heterocycles. The van der Waals surface area contributed by atoms with Crippen molar-refractivity contribution in [1.29, 1.82) is 0 Å². The number of aromatic nitrogens is 4. The average molecular weight is 533 g/mol. The van der Waals surface area contributed by atoms with Crippen LogP contribution in [0.3, 0.4) is 0 Å². The van der Waals surface area contributed by atoms with E-state index in [9.17, 15) is 9.59 Å². The molecule has 5 aromatic rings. The summed E-state index contributed by atoms with van der Waals surface area (Å²) in [7, 11) is 1.70. The number of H-pyrrole nitrogens is 1. The molecule has 0 aliphatic carbocycles. The lowest BCUT2D eigenvalue weighted by Crippen LogP contribution is -2.21. The minimum absolute atomic E-state index is 0.138. The van der Waals surface area contributed by atoms with Gasteiger partial charge in [-0.1, -0.05) is 43.7 Å². The number of benzene rings is 3. The first-order valence-electron chi connectivity index (χ1n) is 13.4. The largest absolute Gasteiger partial charge is 0.345 e. The van der Waals surface area contributed by atoms with E-state index in [1.54, 1.807) is 25.6 Å². The number of hydrogen-bond donors (Lipinski definition) is 3. The van der Waals surface area contributed by atoms with E-state index in [4.69, 9.17) is 0 Å². The standard InChI is InChI=1S/C32H32N6O2/c1-4-5-8-22-9-6-7-10-26(22)31(39)37-27-19-24(12-11-21(27)2)28-20-38(3)32(40)30(36-28)35-25-15-13-23(14-16-25)29-33-17-18-34-29/h6-7,9-20H,4-5,8H2,1-3H3,(H,33,34)(H,35,36)(H,37,39). The molecular formula is C32H32N6O2. The molecule has 40 heavy (non-hydrogen) atoms. The first-order chi connectivity index (χ1) is 19.4. The second-order valence-electron chi connectivity index (χ2n) is 9.78. The van der Waals surface area contributed by atoms with Gasteiger partial charge in [-0.2, -0.15) is 0 Å². The van der Waals surface area contributed by atoms with Crippen molar-refractivity contribution < 1.29 is 4.79 Å². The van der Waals surface area contributed by atoms with E-state index in [-0.39, 0.29) is 17.3 Å². The zero-order valence-electron chi connectivity index (χ0n) is 22.9. The molecule has 3 aromatic carbocycles. The maximum atomic E-state index is 13.3. The number of unbranched alkanes of at least 4 members (excludes halogenated alkanes) is 1. The Morgan fingerprint density at radius 1 is 1.02 bits per heavy atom. The van der Waals surface area contributed by atoms with Crippen LogP contribution in [0, 0.1) is 6.92 Å². The van der Waals surface area contributed by atoms with Gasteiger partial charge in [-0.15, -0.1) is 0 Å². The Bertz CT molecular complexity index is 1690. The molecule has 8 heteroatoms. The van der Waals surface area contributed by atoms with Crippen LogP contribution in [0.5, 0.6) is 0 Å². The van der Waals surface area contributed by atoms with Crippen molar-refractivity contribution in [1.82, 2.24) is 19.5 Å². The molecule has 5 rings (SSSR count). The highest BCUT2D eigenvalue weighted by Gasteiger charge is 2.15. The summed E-state index contributed by atoms with van der Waals surface area (Å²) in [6, 6.07) is 21.1. The van der Waals surface area contributed by atoms with Crippen LogP contribution < -0.4 is 16.2 Å². The zero-order chi connectivity index (χ0) is 28.1. The Kier molecular flexibility index (Phi) is 7.87. The van der Waals surface area contributed by atoms with Gasteiger partial charge in [0.1, 0.15) is 5.82 Å². The first kappa shape index (κ1) is 26.6. The van der Waals surface area contributed by atoms with E-state index in [0.29, 0.717) is 16.9 Å². The van der Waals surface area contributed by atoms with Gasteiger partial charge in [-0.25, -0.2) is 9.97 Å². The number of carbonyl (C=O) groups is 1. The Hall–Kier alpha value is -4.98. The maximum Gasteiger partial charge on any atom is 0.293 e. The summed E-state index contributed by atoms with van der Waals surface area (Å²) in [5.74, 6) is 0.844. The molecule has 0 bridgehead atoms. The van der Waals surface area contributed by atoms with Gasteiger partial charge in [0.2, 0.25) is 0 Å². The third-order valence-electron chi connectivity index (χ3n) is 6.83. The zero-order valence-corrected chi connectivity index (χ0v) is 22.9. The molecule has 0 saturated carbocycles. The highest BCUT2D eigenvalue weighted by Crippen LogP contribution is 2.26. The third-order valence-corrected chi connectivity index (χ3v) is 6.83. The normalized spacial score (nSPS) is 10.9. The number of rotatable bonds is 9. The number of aromatic amines is 1. The molecule has 0 spiro atoms. The number of nitrogens with one attached hydrogen (secondary N) is 3. The molecule has 0 fully saturated rings. The van der Waals surface area contributed by atoms with E-state index in [1.165, 1.54) is 4.57 Å². The van der Waals surface area contributed by atoms with Crippen molar-refractivity contribution in [2.75, 3.05) is 10.6 Å². The average Bonchev–Trinajstić information content (AvgIpc) is 3.51. The van der Waals surface area contributed by atoms with Crippen LogP contribution in [0.1, 0.15) is 41.3 Å². The predicted octanol–water partition coefficient (Wildman–Crippen LogP) is 6.48. The van der Waals surface area contributed by atoms with Gasteiger partial charge in [0.05, 0.1) is 5.69 Å². The minimum Gasteiger partial charge on any atom is -0.345 e. The van der Waals surface area contributed by atoms with E-state index < -0.39 is 0 Å². The number of hydrogen-bond acceptors (Lipinski definition) is 5. The Labute approximate surface area is 233 Å². The van der Waals surface area contributed by atoms with E-state index >= 15 is 0 Å². The molecule has 0 aliphatic heterocycles. The number of aryl methyl sites for hydroxylation is 3. The molecule has 0 radical (unpaired) electrons. The fraction of sp³-hybridized carbons (Fsp3) is 0.188. The second-order valence-corrected chi connectivity index (χ2v) is 9.78. The number of anilines is 3. The molecule has 0 unspecified atom stereocenters. The molecule has 202 valence electrons. The van der Waals surface area contributed by atoms with Crippen LogP contribution in [0.25, 0.3) is 22.6 Å². The summed E-state index contributed by atoms with van der Waals surface area (Å²) in [6.45, 7) is 4.10. The van der Waals surface area contributed by atoms with Crippen LogP contribution >= 0.6 is 0 Å². The van der Waals surface area contributed by atoms with E-state index in [0.717, 1.165) is 53.0 Å². The Morgan fingerprint density at radius 3 is 2.55 bits per heavy atom. The molecule has 8 nitrogen and oxygen atoms in total. The van der Waals surface area contributed by atoms with Crippen molar-refractivity contribution in [3.8, 4) is 22.6 Å². The highest BCUT2D eigenvalue weighted by molar-refractivity contribution is 6.06. The molecular weight excluding hydrogens is 500 g/mol. The van der Waals surface area contributed by atoms with Crippen molar-refractivity contribution in [2.24, 2.45) is 7.05 Å². The van der Waals surface area contributed by atoms with Gasteiger partial charge in [-0.05, 0) is 67.3 Å². The van der Waals surface area contributed by atoms with Gasteiger partial charge >= 0.3 is 0 Å². The van der Waals surface area contributed by atoms with Gasteiger partial charge in [0, 0.05) is 53.7 Å². The van der Waals surface area contributed by atoms with Crippen molar-refractivity contribution >= 4 is 23.1 Å². The minimum atomic E-state index is -0.247. The molecule has 0 aliphatic rings. The first-order valence-corrected chi connectivity index (χ1v) is 13.4. The SMILES string of the molecule is CCCCc1ccccc1C(=O)Nc1cc(-c2cn(C)c(=O)c(Nc3ccc(-c4ncc[nH]4)cc3)n2)ccc1C. The molecule has 1 amide bonds. The number of nitrogens with zero attached hydrogens (tertiary/aromatic N) is 3. The number of carbonyl (C=O) groups excluding carboxylic acids is 1. The lowest BCUT2D eigenvalue weighted by Gasteiger charge is -2.14. The van der Waals surface area contributed by atoms with Crippen LogP contribution in [0.2, 0.25) is 0 Å². The molecule has 0 atom stereocenters. The lowest BCUT2D eigenvalue weighted by molar-refractivity contribution is 0.102. The van der Waals surface area contributed by atoms with Crippen molar-refractivity contribution in [3.63, 3.8) is 0 Å².